The normalized spacial score (nSPS) is 13.6. The Kier molecular flexibility index (Phi) is 5.06. The van der Waals surface area contributed by atoms with Crippen LogP contribution in [0.5, 0.6) is 11.5 Å². The first-order valence-corrected chi connectivity index (χ1v) is 9.25. The number of carbonyl (C=O) groups is 1. The molecule has 11 heteroatoms. The van der Waals surface area contributed by atoms with Crippen molar-refractivity contribution in [2.45, 2.75) is 13.0 Å². The van der Waals surface area contributed by atoms with Crippen LogP contribution in [0.25, 0.3) is 5.95 Å². The molecule has 144 valence electrons. The second-order valence-electron chi connectivity index (χ2n) is 5.87. The van der Waals surface area contributed by atoms with Gasteiger partial charge in [-0.3, -0.25) is 0 Å². The van der Waals surface area contributed by atoms with E-state index in [4.69, 9.17) is 9.47 Å². The Labute approximate surface area is 168 Å². The van der Waals surface area contributed by atoms with E-state index in [1.54, 1.807) is 37.5 Å². The smallest absolute Gasteiger partial charge is 0.319 e. The van der Waals surface area contributed by atoms with Crippen molar-refractivity contribution < 1.29 is 14.3 Å². The lowest BCUT2D eigenvalue weighted by atomic mass is 10.2. The lowest BCUT2D eigenvalue weighted by molar-refractivity contribution is 0.171. The van der Waals surface area contributed by atoms with Crippen LogP contribution in [0.15, 0.2) is 41.4 Å². The monoisotopic (exact) mass is 445 g/mol. The van der Waals surface area contributed by atoms with Crippen molar-refractivity contribution in [3.05, 3.63) is 47.2 Å². The van der Waals surface area contributed by atoms with E-state index < -0.39 is 12.1 Å². The van der Waals surface area contributed by atoms with Crippen LogP contribution in [0.4, 0.5) is 10.5 Å². The minimum absolute atomic E-state index is 0.374. The molecule has 0 fully saturated rings. The summed E-state index contributed by atoms with van der Waals surface area (Å²) in [6.45, 7) is 2.76. The van der Waals surface area contributed by atoms with E-state index >= 15 is 0 Å². The molecule has 0 saturated heterocycles. The van der Waals surface area contributed by atoms with Crippen molar-refractivity contribution >= 4 is 27.6 Å². The summed E-state index contributed by atoms with van der Waals surface area (Å²) >= 11 is 3.43. The summed E-state index contributed by atoms with van der Waals surface area (Å²) < 4.78 is 13.2. The van der Waals surface area contributed by atoms with Crippen LogP contribution in [0.1, 0.15) is 18.8 Å². The van der Waals surface area contributed by atoms with Crippen molar-refractivity contribution in [3.8, 4) is 17.4 Å². The molecule has 3 heterocycles. The van der Waals surface area contributed by atoms with Crippen molar-refractivity contribution in [1.82, 2.24) is 30.0 Å². The number of anilines is 1. The molecule has 0 saturated carbocycles. The average Bonchev–Trinajstić information content (AvgIpc) is 3.19. The second kappa shape index (κ2) is 7.80. The molecule has 28 heavy (non-hydrogen) atoms. The molecular formula is C17H16BrN7O3. The van der Waals surface area contributed by atoms with Gasteiger partial charge in [-0.1, -0.05) is 0 Å². The van der Waals surface area contributed by atoms with Gasteiger partial charge in [-0.25, -0.2) is 19.7 Å². The highest BCUT2D eigenvalue weighted by Crippen LogP contribution is 2.38. The number of nitrogens with zero attached hydrogens (tertiary/aromatic N) is 5. The molecule has 1 atom stereocenters. The van der Waals surface area contributed by atoms with Crippen LogP contribution in [0, 0.1) is 0 Å². The van der Waals surface area contributed by atoms with Gasteiger partial charge in [-0.05, 0) is 28.9 Å². The van der Waals surface area contributed by atoms with Crippen LogP contribution >= 0.6 is 15.9 Å². The Bertz CT molecular complexity index is 996. The Hall–Kier alpha value is -3.21. The van der Waals surface area contributed by atoms with Crippen molar-refractivity contribution in [3.63, 3.8) is 0 Å². The fourth-order valence-corrected chi connectivity index (χ4v) is 3.10. The summed E-state index contributed by atoms with van der Waals surface area (Å²) in [6, 6.07) is 4.33. The van der Waals surface area contributed by atoms with Gasteiger partial charge in [0.05, 0.1) is 11.7 Å². The maximum Gasteiger partial charge on any atom is 0.319 e. The van der Waals surface area contributed by atoms with Crippen LogP contribution < -0.4 is 20.1 Å². The van der Waals surface area contributed by atoms with Crippen LogP contribution in [-0.2, 0) is 0 Å². The molecule has 1 unspecified atom stereocenters. The summed E-state index contributed by atoms with van der Waals surface area (Å²) in [6.07, 6.45) is 4.61. The molecule has 2 amide bonds. The van der Waals surface area contributed by atoms with Crippen molar-refractivity contribution in [1.29, 1.82) is 0 Å². The Morgan fingerprint density at radius 2 is 1.89 bits per heavy atom. The summed E-state index contributed by atoms with van der Waals surface area (Å²) in [5.41, 5.74) is 0.557. The van der Waals surface area contributed by atoms with Crippen molar-refractivity contribution in [2.24, 2.45) is 0 Å². The molecule has 2 aromatic heterocycles. The van der Waals surface area contributed by atoms with E-state index in [2.05, 4.69) is 46.6 Å². The van der Waals surface area contributed by atoms with E-state index in [-0.39, 0.29) is 0 Å². The zero-order valence-electron chi connectivity index (χ0n) is 14.8. The highest BCUT2D eigenvalue weighted by atomic mass is 79.9. The molecule has 3 aromatic rings. The predicted octanol–water partition coefficient (Wildman–Crippen LogP) is 2.47. The molecule has 1 aliphatic heterocycles. The third kappa shape index (κ3) is 3.74. The van der Waals surface area contributed by atoms with E-state index in [1.807, 2.05) is 0 Å². The first kappa shape index (κ1) is 18.2. The molecule has 4 rings (SSSR count). The van der Waals surface area contributed by atoms with Gasteiger partial charge in [-0.15, -0.1) is 0 Å². The van der Waals surface area contributed by atoms with Crippen LogP contribution in [0.2, 0.25) is 0 Å². The molecule has 0 bridgehead atoms. The third-order valence-corrected chi connectivity index (χ3v) is 4.59. The highest BCUT2D eigenvalue weighted by Gasteiger charge is 2.20. The number of nitrogens with one attached hydrogen (secondary N) is 2. The van der Waals surface area contributed by atoms with Gasteiger partial charge in [0.15, 0.2) is 17.3 Å². The first-order valence-electron chi connectivity index (χ1n) is 8.46. The second-order valence-corrected chi connectivity index (χ2v) is 6.73. The number of aromatic nitrogens is 5. The first-order chi connectivity index (χ1) is 13.6. The topological polar surface area (TPSA) is 116 Å². The lowest BCUT2D eigenvalue weighted by Gasteiger charge is -2.20. The molecule has 0 spiro atoms. The number of amides is 2. The van der Waals surface area contributed by atoms with Gasteiger partial charge < -0.3 is 20.1 Å². The summed E-state index contributed by atoms with van der Waals surface area (Å²) in [7, 11) is 0. The van der Waals surface area contributed by atoms with E-state index in [9.17, 15) is 4.79 Å². The zero-order valence-corrected chi connectivity index (χ0v) is 16.4. The number of carbonyl (C=O) groups excluding carboxylic acids is 1. The number of hydrogen-bond donors (Lipinski definition) is 2. The van der Waals surface area contributed by atoms with Gasteiger partial charge in [0.1, 0.15) is 19.5 Å². The maximum absolute atomic E-state index is 12.5. The minimum atomic E-state index is -0.442. The SMILES string of the molecule is CC(NC(=O)Nc1cc2c(cc1Br)OCCO2)c1ncnn1-c1ncccn1. The Balaban J connectivity index is 1.47. The maximum atomic E-state index is 12.5. The minimum Gasteiger partial charge on any atom is -0.486 e. The van der Waals surface area contributed by atoms with E-state index in [1.165, 1.54) is 11.0 Å². The third-order valence-electron chi connectivity index (χ3n) is 3.93. The number of ether oxygens (including phenoxy) is 2. The summed E-state index contributed by atoms with van der Waals surface area (Å²) in [5.74, 6) is 2.09. The number of halogens is 1. The number of fused-ring (bicyclic) bond motifs is 1. The zero-order chi connectivity index (χ0) is 19.5. The van der Waals surface area contributed by atoms with E-state index in [0.29, 0.717) is 46.6 Å². The Morgan fingerprint density at radius 3 is 2.64 bits per heavy atom. The van der Waals surface area contributed by atoms with Crippen LogP contribution in [0.3, 0.4) is 0 Å². The van der Waals surface area contributed by atoms with Gasteiger partial charge >= 0.3 is 6.03 Å². The largest absolute Gasteiger partial charge is 0.486 e. The summed E-state index contributed by atoms with van der Waals surface area (Å²) in [5, 5.41) is 9.75. The molecular weight excluding hydrogens is 430 g/mol. The standard InChI is InChI=1S/C17H16BrN7O3/c1-10(15-21-9-22-25(15)16-19-3-2-4-20-16)23-17(26)24-12-8-14-13(7-11(12)18)27-5-6-28-14/h2-4,7-10H,5-6H2,1H3,(H2,23,24,26). The van der Waals surface area contributed by atoms with Gasteiger partial charge in [0, 0.05) is 29.0 Å². The van der Waals surface area contributed by atoms with Gasteiger partial charge in [-0.2, -0.15) is 9.78 Å². The van der Waals surface area contributed by atoms with Crippen molar-refractivity contribution in [2.75, 3.05) is 18.5 Å². The highest BCUT2D eigenvalue weighted by molar-refractivity contribution is 9.10. The molecule has 2 N–H and O–H groups in total. The van der Waals surface area contributed by atoms with Gasteiger partial charge in [0.2, 0.25) is 0 Å². The summed E-state index contributed by atoms with van der Waals surface area (Å²) in [4.78, 5) is 25.0. The molecule has 0 radical (unpaired) electrons. The molecule has 1 aromatic carbocycles. The molecule has 0 aliphatic carbocycles. The Morgan fingerprint density at radius 1 is 1.18 bits per heavy atom. The lowest BCUT2D eigenvalue weighted by Crippen LogP contribution is -2.33. The van der Waals surface area contributed by atoms with Crippen LogP contribution in [-0.4, -0.2) is 44.0 Å². The quantitative estimate of drug-likeness (QED) is 0.633. The predicted molar refractivity (Wildman–Crippen MR) is 103 cm³/mol. The number of benzene rings is 1. The number of urea groups is 1. The molecule has 1 aliphatic rings. The fourth-order valence-electron chi connectivity index (χ4n) is 2.68. The van der Waals surface area contributed by atoms with Gasteiger partial charge in [0.25, 0.3) is 5.95 Å². The molecule has 10 nitrogen and oxygen atoms in total. The number of hydrogen-bond acceptors (Lipinski definition) is 7. The van der Waals surface area contributed by atoms with E-state index in [0.717, 1.165) is 0 Å². The average molecular weight is 446 g/mol. The number of rotatable bonds is 4. The fraction of sp³-hybridized carbons (Fsp3) is 0.235.